The second kappa shape index (κ2) is 3.95. The van der Waals surface area contributed by atoms with Crippen molar-refractivity contribution in [2.75, 3.05) is 7.11 Å². The van der Waals surface area contributed by atoms with Crippen LogP contribution in [0.1, 0.15) is 33.6 Å². The Morgan fingerprint density at radius 1 is 1.33 bits per heavy atom. The lowest BCUT2D eigenvalue weighted by Crippen LogP contribution is -2.68. The number of carboxylic acids is 1. The smallest absolute Gasteiger partial charge is 0.319 e. The van der Waals surface area contributed by atoms with Crippen LogP contribution in [0.4, 0.5) is 0 Å². The zero-order chi connectivity index (χ0) is 13.7. The Balaban J connectivity index is 2.04. The van der Waals surface area contributed by atoms with E-state index in [1.165, 1.54) is 0 Å². The van der Waals surface area contributed by atoms with Crippen molar-refractivity contribution in [3.8, 4) is 0 Å². The molecule has 0 radical (unpaired) electrons. The predicted molar refractivity (Wildman–Crippen MR) is 65.0 cm³/mol. The maximum atomic E-state index is 12.1. The fourth-order valence-corrected chi connectivity index (χ4v) is 3.37. The summed E-state index contributed by atoms with van der Waals surface area (Å²) in [6.45, 7) is 6.09. The van der Waals surface area contributed by atoms with Gasteiger partial charge in [-0.25, -0.2) is 0 Å². The van der Waals surface area contributed by atoms with Crippen molar-refractivity contribution in [2.24, 2.45) is 16.7 Å². The summed E-state index contributed by atoms with van der Waals surface area (Å²) >= 11 is 0. The van der Waals surface area contributed by atoms with Crippen LogP contribution in [0.15, 0.2) is 0 Å². The number of rotatable bonds is 4. The van der Waals surface area contributed by atoms with E-state index in [0.29, 0.717) is 12.8 Å². The van der Waals surface area contributed by atoms with Crippen LogP contribution in [0.25, 0.3) is 0 Å². The van der Waals surface area contributed by atoms with E-state index in [2.05, 4.69) is 5.32 Å². The van der Waals surface area contributed by atoms with Crippen molar-refractivity contribution < 1.29 is 19.4 Å². The van der Waals surface area contributed by atoms with E-state index in [1.54, 1.807) is 7.11 Å². The molecule has 2 rings (SSSR count). The number of carboxylic acid groups (broad SMARTS) is 1. The van der Waals surface area contributed by atoms with Crippen LogP contribution in [0.3, 0.4) is 0 Å². The predicted octanol–water partition coefficient (Wildman–Crippen LogP) is 1.03. The quantitative estimate of drug-likeness (QED) is 0.736. The summed E-state index contributed by atoms with van der Waals surface area (Å²) < 4.78 is 5.41. The molecule has 2 aliphatic rings. The summed E-state index contributed by atoms with van der Waals surface area (Å²) in [6.07, 6.45) is 0.995. The largest absolute Gasteiger partial charge is 0.480 e. The number of ether oxygens (including phenoxy) is 1. The molecule has 0 bridgehead atoms. The number of methoxy groups -OCH3 is 1. The molecule has 18 heavy (non-hydrogen) atoms. The van der Waals surface area contributed by atoms with Crippen LogP contribution in [0, 0.1) is 16.7 Å². The molecule has 2 N–H and O–H groups in total. The molecule has 3 unspecified atom stereocenters. The Bertz CT molecular complexity index is 386. The molecule has 3 atom stereocenters. The highest BCUT2D eigenvalue weighted by Crippen LogP contribution is 2.50. The normalized spacial score (nSPS) is 35.4. The first-order valence-electron chi connectivity index (χ1n) is 6.34. The van der Waals surface area contributed by atoms with Crippen LogP contribution in [-0.4, -0.2) is 36.2 Å². The number of nitrogens with one attached hydrogen (secondary N) is 1. The zero-order valence-corrected chi connectivity index (χ0v) is 11.3. The van der Waals surface area contributed by atoms with Crippen LogP contribution in [-0.2, 0) is 14.3 Å². The van der Waals surface area contributed by atoms with Gasteiger partial charge in [0.1, 0.15) is 5.41 Å². The van der Waals surface area contributed by atoms with E-state index in [4.69, 9.17) is 9.84 Å². The maximum absolute atomic E-state index is 12.1. The fraction of sp³-hybridized carbons (Fsp3) is 0.846. The molecule has 2 fully saturated rings. The van der Waals surface area contributed by atoms with Crippen molar-refractivity contribution in [1.82, 2.24) is 5.32 Å². The monoisotopic (exact) mass is 255 g/mol. The van der Waals surface area contributed by atoms with Crippen LogP contribution in [0.5, 0.6) is 0 Å². The van der Waals surface area contributed by atoms with E-state index in [0.717, 1.165) is 0 Å². The third kappa shape index (κ3) is 1.64. The Kier molecular flexibility index (Phi) is 2.93. The van der Waals surface area contributed by atoms with E-state index in [9.17, 15) is 9.59 Å². The third-order valence-corrected chi connectivity index (χ3v) is 4.67. The molecular formula is C13H21NO4. The molecule has 1 amide bonds. The highest BCUT2D eigenvalue weighted by atomic mass is 16.5. The highest BCUT2D eigenvalue weighted by molar-refractivity contribution is 6.05. The highest BCUT2D eigenvalue weighted by Gasteiger charge is 2.61. The van der Waals surface area contributed by atoms with Crippen LogP contribution < -0.4 is 5.32 Å². The first kappa shape index (κ1) is 13.3. The molecule has 5 nitrogen and oxygen atoms in total. The number of hydrogen-bond donors (Lipinski definition) is 2. The van der Waals surface area contributed by atoms with Gasteiger partial charge in [0.05, 0.1) is 6.10 Å². The SMILES string of the molecule is COC1C(C)C(NC(=O)C2(C(=O)O)CC2)C1(C)C. The van der Waals surface area contributed by atoms with E-state index >= 15 is 0 Å². The van der Waals surface area contributed by atoms with Crippen molar-refractivity contribution in [3.05, 3.63) is 0 Å². The summed E-state index contributed by atoms with van der Waals surface area (Å²) in [4.78, 5) is 23.2. The van der Waals surface area contributed by atoms with Crippen LogP contribution >= 0.6 is 0 Å². The number of carbonyl (C=O) groups is 2. The van der Waals surface area contributed by atoms with Gasteiger partial charge in [-0.15, -0.1) is 0 Å². The van der Waals surface area contributed by atoms with Gasteiger partial charge in [0.25, 0.3) is 0 Å². The minimum absolute atomic E-state index is 0.0215. The van der Waals surface area contributed by atoms with Gasteiger partial charge in [-0.2, -0.15) is 0 Å². The maximum Gasteiger partial charge on any atom is 0.319 e. The average Bonchev–Trinajstić information content (AvgIpc) is 3.06. The van der Waals surface area contributed by atoms with Gasteiger partial charge in [-0.1, -0.05) is 20.8 Å². The van der Waals surface area contributed by atoms with E-state index in [-0.39, 0.29) is 29.4 Å². The lowest BCUT2D eigenvalue weighted by Gasteiger charge is -2.56. The van der Waals surface area contributed by atoms with Crippen molar-refractivity contribution in [2.45, 2.75) is 45.8 Å². The molecule has 0 aromatic heterocycles. The average molecular weight is 255 g/mol. The molecule has 0 aromatic carbocycles. The molecule has 0 aliphatic heterocycles. The standard InChI is InChI=1S/C13H21NO4/c1-7-8(12(2,3)9(7)18-4)14-10(15)13(5-6-13)11(16)17/h7-9H,5-6H2,1-4H3,(H,14,15)(H,16,17). The molecule has 102 valence electrons. The van der Waals surface area contributed by atoms with Gasteiger partial charge in [0.15, 0.2) is 0 Å². The molecule has 0 aromatic rings. The summed E-state index contributed by atoms with van der Waals surface area (Å²) in [6, 6.07) is -0.0215. The Labute approximate surface area is 107 Å². The third-order valence-electron chi connectivity index (χ3n) is 4.67. The van der Waals surface area contributed by atoms with Crippen molar-refractivity contribution in [3.63, 3.8) is 0 Å². The number of hydrogen-bond acceptors (Lipinski definition) is 3. The molecule has 0 saturated heterocycles. The summed E-state index contributed by atoms with van der Waals surface area (Å²) in [5, 5.41) is 12.0. The van der Waals surface area contributed by atoms with E-state index in [1.807, 2.05) is 20.8 Å². The Morgan fingerprint density at radius 3 is 2.22 bits per heavy atom. The van der Waals surface area contributed by atoms with Gasteiger partial charge >= 0.3 is 5.97 Å². The van der Waals surface area contributed by atoms with Crippen molar-refractivity contribution >= 4 is 11.9 Å². The number of carbonyl (C=O) groups excluding carboxylic acids is 1. The minimum atomic E-state index is -1.16. The molecule has 0 heterocycles. The molecule has 2 aliphatic carbocycles. The summed E-state index contributed by atoms with van der Waals surface area (Å²) in [5.74, 6) is -1.14. The van der Waals surface area contributed by atoms with Gasteiger partial charge in [0.2, 0.25) is 5.91 Å². The second-order valence-corrected chi connectivity index (χ2v) is 6.18. The Morgan fingerprint density at radius 2 is 1.89 bits per heavy atom. The lowest BCUT2D eigenvalue weighted by atomic mass is 9.57. The molecule has 2 saturated carbocycles. The topological polar surface area (TPSA) is 75.6 Å². The van der Waals surface area contributed by atoms with Gasteiger partial charge in [-0.3, -0.25) is 9.59 Å². The zero-order valence-electron chi connectivity index (χ0n) is 11.3. The van der Waals surface area contributed by atoms with Crippen LogP contribution in [0.2, 0.25) is 0 Å². The first-order valence-corrected chi connectivity index (χ1v) is 6.34. The first-order chi connectivity index (χ1) is 8.27. The van der Waals surface area contributed by atoms with Crippen molar-refractivity contribution in [1.29, 1.82) is 0 Å². The fourth-order valence-electron chi connectivity index (χ4n) is 3.37. The number of aliphatic carboxylic acids is 1. The van der Waals surface area contributed by atoms with E-state index < -0.39 is 11.4 Å². The summed E-state index contributed by atoms with van der Waals surface area (Å²) in [5.41, 5.74) is -1.31. The second-order valence-electron chi connectivity index (χ2n) is 6.18. The van der Waals surface area contributed by atoms with Gasteiger partial charge in [-0.05, 0) is 12.8 Å². The number of amides is 1. The molecular weight excluding hydrogens is 234 g/mol. The van der Waals surface area contributed by atoms with Gasteiger partial charge < -0.3 is 15.2 Å². The van der Waals surface area contributed by atoms with Gasteiger partial charge in [0, 0.05) is 24.5 Å². The Hall–Kier alpha value is -1.10. The summed E-state index contributed by atoms with van der Waals surface area (Å²) in [7, 11) is 1.67. The molecule has 0 spiro atoms. The minimum Gasteiger partial charge on any atom is -0.480 e. The molecule has 5 heteroatoms. The lowest BCUT2D eigenvalue weighted by molar-refractivity contribution is -0.161.